The molecule has 0 radical (unpaired) electrons. The van der Waals surface area contributed by atoms with E-state index < -0.39 is 17.7 Å². The van der Waals surface area contributed by atoms with Gasteiger partial charge in [0.15, 0.2) is 0 Å². The fourth-order valence-electron chi connectivity index (χ4n) is 8.25. The largest absolute Gasteiger partial charge is 0.444 e. The summed E-state index contributed by atoms with van der Waals surface area (Å²) < 4.78 is 16.3. The molecule has 75 heavy (non-hydrogen) atoms. The summed E-state index contributed by atoms with van der Waals surface area (Å²) in [5.41, 5.74) is -0.564. The second-order valence-electron chi connectivity index (χ2n) is 21.2. The highest BCUT2D eigenvalue weighted by atomic mass is 16.6. The van der Waals surface area contributed by atoms with Crippen molar-refractivity contribution in [2.24, 2.45) is 0 Å². The van der Waals surface area contributed by atoms with Crippen molar-refractivity contribution in [2.75, 3.05) is 46.1 Å². The van der Waals surface area contributed by atoms with E-state index in [1.54, 1.807) is 20.8 Å². The Morgan fingerprint density at radius 2 is 0.733 bits per heavy atom. The van der Waals surface area contributed by atoms with E-state index in [1.165, 1.54) is 128 Å². The van der Waals surface area contributed by atoms with Gasteiger partial charge in [-0.3, -0.25) is 14.4 Å². The number of carbonyl (C=O) groups excluding carboxylic acids is 4. The summed E-state index contributed by atoms with van der Waals surface area (Å²) in [5.74, 6) is 24.2. The number of hydrogen-bond acceptors (Lipinski definition) is 7. The minimum Gasteiger partial charge on any atom is -0.444 e. The molecule has 0 saturated heterocycles. The maximum Gasteiger partial charge on any atom is 0.407 e. The molecule has 1 unspecified atom stereocenters. The number of alkyl carbamates (subject to hydrolysis) is 1. The highest BCUT2D eigenvalue weighted by Gasteiger charge is 2.21. The van der Waals surface area contributed by atoms with E-state index in [-0.39, 0.29) is 37.4 Å². The molecule has 1 atom stereocenters. The van der Waals surface area contributed by atoms with E-state index in [2.05, 4.69) is 82.5 Å². The van der Waals surface area contributed by atoms with Crippen molar-refractivity contribution < 1.29 is 33.4 Å². The normalized spacial score (nSPS) is 11.1. The molecule has 0 fully saturated rings. The van der Waals surface area contributed by atoms with E-state index in [1.807, 2.05) is 0 Å². The average molecular weight is 1050 g/mol. The standard InChI is InChI=1S/C64H110N4O7/c1-6-8-10-12-14-16-18-20-22-24-26-28-30-32-34-36-38-40-42-44-46-48-50-60(69)67-58-59(62(71)65-52-54-73-56-57-74-55-53-66-63(72)75-64(3,4)5)68-61(70)51-49-47-45-43-41-39-37-35-33-31-29-27-25-23-21-19-17-15-13-11-9-7-2/h59H,6-27,36-58H2,1-5H3,(H,65,71)(H,66,72)(H,67,69)(H,68,70). The minimum atomic E-state index is -0.897. The molecule has 0 bridgehead atoms. The van der Waals surface area contributed by atoms with Crippen LogP contribution in [0.1, 0.15) is 279 Å². The highest BCUT2D eigenvalue weighted by Crippen LogP contribution is 2.14. The molecule has 428 valence electrons. The number of amides is 4. The fraction of sp³-hybridized carbons (Fsp3) is 0.812. The Balaban J connectivity index is 4.45. The van der Waals surface area contributed by atoms with Crippen LogP contribution in [-0.2, 0) is 28.6 Å². The van der Waals surface area contributed by atoms with Crippen molar-refractivity contribution in [2.45, 2.75) is 290 Å². The van der Waals surface area contributed by atoms with Crippen molar-refractivity contribution in [1.29, 1.82) is 0 Å². The Bertz CT molecular complexity index is 1650. The summed E-state index contributed by atoms with van der Waals surface area (Å²) in [6.45, 7) is 11.7. The molecule has 4 amide bonds. The summed E-state index contributed by atoms with van der Waals surface area (Å²) in [6.07, 6.45) is 42.6. The summed E-state index contributed by atoms with van der Waals surface area (Å²) in [7, 11) is 0. The lowest BCUT2D eigenvalue weighted by molar-refractivity contribution is -0.129. The predicted octanol–water partition coefficient (Wildman–Crippen LogP) is 14.1. The Hall–Kier alpha value is -4.16. The third kappa shape index (κ3) is 57.4. The molecular weight excluding hydrogens is 937 g/mol. The van der Waals surface area contributed by atoms with Crippen LogP contribution in [0.25, 0.3) is 0 Å². The Morgan fingerprint density at radius 3 is 1.11 bits per heavy atom. The van der Waals surface area contributed by atoms with E-state index in [0.29, 0.717) is 39.2 Å². The Kier molecular flexibility index (Phi) is 52.9. The molecule has 11 heteroatoms. The van der Waals surface area contributed by atoms with Gasteiger partial charge < -0.3 is 35.5 Å². The summed E-state index contributed by atoms with van der Waals surface area (Å²) in [4.78, 5) is 50.8. The van der Waals surface area contributed by atoms with Crippen LogP contribution < -0.4 is 21.3 Å². The third-order valence-electron chi connectivity index (χ3n) is 12.7. The molecule has 0 spiro atoms. The first-order chi connectivity index (χ1) is 36.6. The quantitative estimate of drug-likeness (QED) is 0.0351. The van der Waals surface area contributed by atoms with E-state index >= 15 is 0 Å². The van der Waals surface area contributed by atoms with Gasteiger partial charge in [0.2, 0.25) is 17.7 Å². The topological polar surface area (TPSA) is 144 Å². The first kappa shape index (κ1) is 70.8. The molecule has 0 heterocycles. The van der Waals surface area contributed by atoms with Crippen LogP contribution in [0.3, 0.4) is 0 Å². The molecule has 0 aromatic rings. The van der Waals surface area contributed by atoms with Gasteiger partial charge in [-0.2, -0.15) is 0 Å². The molecule has 0 saturated carbocycles. The number of unbranched alkanes of at least 4 members (excludes halogenated alkanes) is 32. The van der Waals surface area contributed by atoms with Gasteiger partial charge in [0.1, 0.15) is 11.6 Å². The van der Waals surface area contributed by atoms with Gasteiger partial charge in [0, 0.05) is 58.2 Å². The monoisotopic (exact) mass is 1050 g/mol. The van der Waals surface area contributed by atoms with E-state index in [0.717, 1.165) is 103 Å². The molecule has 4 N–H and O–H groups in total. The molecular formula is C64H110N4O7. The van der Waals surface area contributed by atoms with Gasteiger partial charge in [0.05, 0.1) is 26.4 Å². The maximum absolute atomic E-state index is 13.2. The zero-order chi connectivity index (χ0) is 54.8. The number of carbonyl (C=O) groups is 4. The SMILES string of the molecule is CCCCCCCCCCCCC#CC#CCCCCCCCCC(=O)NCC(NC(=O)CCCCCCCCC#CC#CCCCCCCCCCCCC)C(=O)NCCOCCOCCNC(=O)OC(C)(C)C. The maximum atomic E-state index is 13.2. The molecule has 0 aromatic heterocycles. The average Bonchev–Trinajstić information content (AvgIpc) is 3.38. The summed E-state index contributed by atoms with van der Waals surface area (Å²) in [5, 5.41) is 11.2. The summed E-state index contributed by atoms with van der Waals surface area (Å²) in [6, 6.07) is -0.897. The molecule has 0 aromatic carbocycles. The van der Waals surface area contributed by atoms with Gasteiger partial charge in [0.25, 0.3) is 0 Å². The van der Waals surface area contributed by atoms with E-state index in [9.17, 15) is 19.2 Å². The smallest absolute Gasteiger partial charge is 0.407 e. The lowest BCUT2D eigenvalue weighted by Crippen LogP contribution is -2.53. The molecule has 0 aliphatic rings. The Morgan fingerprint density at radius 1 is 0.400 bits per heavy atom. The Labute approximate surface area is 460 Å². The lowest BCUT2D eigenvalue weighted by Gasteiger charge is -2.19. The predicted molar refractivity (Wildman–Crippen MR) is 312 cm³/mol. The van der Waals surface area contributed by atoms with Crippen LogP contribution in [0.2, 0.25) is 0 Å². The van der Waals surface area contributed by atoms with Crippen LogP contribution in [0.5, 0.6) is 0 Å². The van der Waals surface area contributed by atoms with Crippen LogP contribution in [0, 0.1) is 47.4 Å². The minimum absolute atomic E-state index is 0.0149. The van der Waals surface area contributed by atoms with Crippen molar-refractivity contribution in [3.63, 3.8) is 0 Å². The van der Waals surface area contributed by atoms with Gasteiger partial charge in [-0.1, -0.05) is 204 Å². The lowest BCUT2D eigenvalue weighted by atomic mass is 10.1. The van der Waals surface area contributed by atoms with Crippen molar-refractivity contribution >= 4 is 23.8 Å². The zero-order valence-corrected chi connectivity index (χ0v) is 48.8. The van der Waals surface area contributed by atoms with Gasteiger partial charge in [-0.15, -0.1) is 0 Å². The number of rotatable bonds is 49. The fourth-order valence-corrected chi connectivity index (χ4v) is 8.25. The molecule has 11 nitrogen and oxygen atoms in total. The number of ether oxygens (including phenoxy) is 3. The summed E-state index contributed by atoms with van der Waals surface area (Å²) >= 11 is 0. The molecule has 0 aliphatic heterocycles. The van der Waals surface area contributed by atoms with Crippen molar-refractivity contribution in [1.82, 2.24) is 21.3 Å². The molecule has 0 aliphatic carbocycles. The van der Waals surface area contributed by atoms with Crippen LogP contribution >= 0.6 is 0 Å². The van der Waals surface area contributed by atoms with Gasteiger partial charge in [-0.25, -0.2) is 4.79 Å². The van der Waals surface area contributed by atoms with Crippen molar-refractivity contribution in [3.05, 3.63) is 0 Å². The van der Waals surface area contributed by atoms with Crippen LogP contribution in [0.4, 0.5) is 4.79 Å². The van der Waals surface area contributed by atoms with Gasteiger partial charge >= 0.3 is 6.09 Å². The first-order valence-corrected chi connectivity index (χ1v) is 30.5. The highest BCUT2D eigenvalue weighted by molar-refractivity contribution is 5.88. The first-order valence-electron chi connectivity index (χ1n) is 30.5. The van der Waals surface area contributed by atoms with Crippen LogP contribution in [0.15, 0.2) is 0 Å². The van der Waals surface area contributed by atoms with E-state index in [4.69, 9.17) is 14.2 Å². The molecule has 0 rings (SSSR count). The second kappa shape index (κ2) is 56.1. The van der Waals surface area contributed by atoms with Crippen molar-refractivity contribution in [3.8, 4) is 47.4 Å². The van der Waals surface area contributed by atoms with Crippen LogP contribution in [-0.4, -0.2) is 81.5 Å². The third-order valence-corrected chi connectivity index (χ3v) is 12.7. The number of nitrogens with one attached hydrogen (secondary N) is 4. The second-order valence-corrected chi connectivity index (χ2v) is 21.2. The number of hydrogen-bond donors (Lipinski definition) is 4. The van der Waals surface area contributed by atoms with Gasteiger partial charge in [-0.05, 0) is 83.0 Å². The zero-order valence-electron chi connectivity index (χ0n) is 48.8.